The van der Waals surface area contributed by atoms with E-state index in [9.17, 15) is 19.6 Å². The minimum atomic E-state index is -1.07. The molecule has 0 aliphatic heterocycles. The number of anilines is 1. The van der Waals surface area contributed by atoms with Crippen LogP contribution in [0.4, 0.5) is 5.69 Å². The fourth-order valence-electron chi connectivity index (χ4n) is 3.80. The number of likely N-dealkylation sites (N-methyl/N-ethyl adjacent to an activating group) is 1. The summed E-state index contributed by atoms with van der Waals surface area (Å²) in [5, 5.41) is 21.9. The van der Waals surface area contributed by atoms with Crippen molar-refractivity contribution in [2.24, 2.45) is 0 Å². The number of amides is 1. The highest BCUT2D eigenvalue weighted by atomic mass is 35.5. The molecule has 0 radical (unpaired) electrons. The van der Waals surface area contributed by atoms with E-state index in [0.29, 0.717) is 34.6 Å². The predicted molar refractivity (Wildman–Crippen MR) is 147 cm³/mol. The number of allylic oxidation sites excluding steroid dienone is 2. The second kappa shape index (κ2) is 13.6. The summed E-state index contributed by atoms with van der Waals surface area (Å²) in [7, 11) is 3.09. The van der Waals surface area contributed by atoms with Gasteiger partial charge in [-0.05, 0) is 66.2 Å². The lowest BCUT2D eigenvalue weighted by Gasteiger charge is -2.27. The number of nitrogens with one attached hydrogen (secondary N) is 1. The number of aromatic carboxylic acids is 1. The number of aldehydes is 1. The minimum Gasteiger partial charge on any atom is -0.495 e. The van der Waals surface area contributed by atoms with Gasteiger partial charge in [-0.2, -0.15) is 5.26 Å². The summed E-state index contributed by atoms with van der Waals surface area (Å²) < 4.78 is 5.61. The van der Waals surface area contributed by atoms with Gasteiger partial charge in [-0.1, -0.05) is 11.6 Å². The van der Waals surface area contributed by atoms with E-state index < -0.39 is 12.0 Å². The predicted octanol–water partition coefficient (Wildman–Crippen LogP) is 4.56. The maximum Gasteiger partial charge on any atom is 0.335 e. The van der Waals surface area contributed by atoms with Gasteiger partial charge in [-0.15, -0.1) is 0 Å². The third-order valence-electron chi connectivity index (χ3n) is 5.81. The Morgan fingerprint density at radius 1 is 1.18 bits per heavy atom. The van der Waals surface area contributed by atoms with Gasteiger partial charge < -0.3 is 20.1 Å². The molecule has 1 aromatic heterocycles. The van der Waals surface area contributed by atoms with Crippen LogP contribution in [0.5, 0.6) is 0 Å². The molecule has 3 aromatic rings. The van der Waals surface area contributed by atoms with Crippen molar-refractivity contribution in [3.05, 3.63) is 112 Å². The van der Waals surface area contributed by atoms with Crippen molar-refractivity contribution < 1.29 is 24.2 Å². The number of carboxylic acids is 1. The number of benzene rings is 2. The van der Waals surface area contributed by atoms with E-state index in [4.69, 9.17) is 21.4 Å². The number of aromatic nitrogens is 1. The number of rotatable bonds is 11. The minimum absolute atomic E-state index is 0.0957. The van der Waals surface area contributed by atoms with Gasteiger partial charge in [0.25, 0.3) is 0 Å². The van der Waals surface area contributed by atoms with Gasteiger partial charge in [0.05, 0.1) is 24.3 Å². The second-order valence-corrected chi connectivity index (χ2v) is 8.76. The Morgan fingerprint density at radius 3 is 2.46 bits per heavy atom. The van der Waals surface area contributed by atoms with Crippen LogP contribution in [0.15, 0.2) is 85.0 Å². The molecule has 198 valence electrons. The quantitative estimate of drug-likeness (QED) is 0.155. The number of carboxylic acid groups (broad SMARTS) is 1. The zero-order valence-electron chi connectivity index (χ0n) is 21.2. The summed E-state index contributed by atoms with van der Waals surface area (Å²) in [6.45, 7) is 0. The van der Waals surface area contributed by atoms with Gasteiger partial charge >= 0.3 is 5.97 Å². The fraction of sp³-hybridized carbons (Fsp3) is 0.138. The molecule has 0 aliphatic carbocycles. The zero-order valence-corrected chi connectivity index (χ0v) is 21.9. The zero-order chi connectivity index (χ0) is 28.4. The standard InChI is InChI=1S/C29H25ClN4O5/c1-34(18-27(39-2)24(11-14-35)25-16-22(30)6-3-21(25)17-31)26(15-19-9-12-32-13-10-19)28(36)33-23-7-4-20(5-8-23)29(37)38/h3-14,16,18,26H,15H2,1-2H3,(H,33,36)(H,37,38)/b24-11-,27-18?. The number of nitrogens with zero attached hydrogens (tertiary/aromatic N) is 3. The smallest absolute Gasteiger partial charge is 0.335 e. The van der Waals surface area contributed by atoms with Crippen molar-refractivity contribution >= 4 is 41.0 Å². The van der Waals surface area contributed by atoms with E-state index in [1.807, 2.05) is 0 Å². The molecule has 0 bridgehead atoms. The van der Waals surface area contributed by atoms with Gasteiger partial charge in [0.1, 0.15) is 18.1 Å². The van der Waals surface area contributed by atoms with E-state index in [1.165, 1.54) is 37.5 Å². The van der Waals surface area contributed by atoms with Crippen LogP contribution in [-0.2, 0) is 20.7 Å². The molecule has 0 aliphatic rings. The molecule has 10 heteroatoms. The topological polar surface area (TPSA) is 133 Å². The third kappa shape index (κ3) is 7.53. The van der Waals surface area contributed by atoms with Crippen LogP contribution in [0, 0.1) is 11.3 Å². The number of halogens is 1. The molecule has 0 saturated carbocycles. The highest BCUT2D eigenvalue weighted by Crippen LogP contribution is 2.29. The maximum atomic E-state index is 13.5. The Labute approximate surface area is 230 Å². The normalized spacial score (nSPS) is 12.2. The van der Waals surface area contributed by atoms with Gasteiger partial charge in [0, 0.05) is 53.9 Å². The number of methoxy groups -OCH3 is 1. The van der Waals surface area contributed by atoms with Crippen LogP contribution in [0.2, 0.25) is 5.02 Å². The van der Waals surface area contributed by atoms with Gasteiger partial charge in [0.2, 0.25) is 5.91 Å². The van der Waals surface area contributed by atoms with Gasteiger partial charge in [-0.3, -0.25) is 14.6 Å². The van der Waals surface area contributed by atoms with Crippen molar-refractivity contribution in [2.75, 3.05) is 19.5 Å². The summed E-state index contributed by atoms with van der Waals surface area (Å²) >= 11 is 6.17. The van der Waals surface area contributed by atoms with Gasteiger partial charge in [-0.25, -0.2) is 4.79 Å². The summed E-state index contributed by atoms with van der Waals surface area (Å²) in [6, 6.07) is 15.4. The molecule has 0 saturated heterocycles. The fourth-order valence-corrected chi connectivity index (χ4v) is 3.97. The third-order valence-corrected chi connectivity index (χ3v) is 6.04. The Balaban J connectivity index is 2.00. The molecule has 1 unspecified atom stereocenters. The molecule has 9 nitrogen and oxygen atoms in total. The van der Waals surface area contributed by atoms with Crippen LogP contribution in [0.1, 0.15) is 27.0 Å². The highest BCUT2D eigenvalue weighted by Gasteiger charge is 2.24. The van der Waals surface area contributed by atoms with Crippen LogP contribution >= 0.6 is 11.6 Å². The molecule has 1 atom stereocenters. The molecular weight excluding hydrogens is 520 g/mol. The van der Waals surface area contributed by atoms with Gasteiger partial charge in [0.15, 0.2) is 0 Å². The van der Waals surface area contributed by atoms with E-state index in [-0.39, 0.29) is 22.8 Å². The van der Waals surface area contributed by atoms with Crippen LogP contribution in [0.25, 0.3) is 5.57 Å². The number of carbonyl (C=O) groups excluding carboxylic acids is 2. The Morgan fingerprint density at radius 2 is 1.87 bits per heavy atom. The van der Waals surface area contributed by atoms with E-state index in [1.54, 1.807) is 60.9 Å². The molecule has 39 heavy (non-hydrogen) atoms. The first-order valence-corrected chi connectivity index (χ1v) is 12.0. The first-order valence-electron chi connectivity index (χ1n) is 11.6. The number of hydrogen-bond donors (Lipinski definition) is 2. The average Bonchev–Trinajstić information content (AvgIpc) is 2.94. The lowest BCUT2D eigenvalue weighted by Crippen LogP contribution is -2.41. The van der Waals surface area contributed by atoms with E-state index in [2.05, 4.69) is 16.4 Å². The second-order valence-electron chi connectivity index (χ2n) is 8.33. The van der Waals surface area contributed by atoms with Crippen LogP contribution in [0.3, 0.4) is 0 Å². The van der Waals surface area contributed by atoms with Crippen molar-refractivity contribution in [1.29, 1.82) is 5.26 Å². The lowest BCUT2D eigenvalue weighted by atomic mass is 9.98. The maximum absolute atomic E-state index is 13.5. The Hall–Kier alpha value is -4.94. The number of nitriles is 1. The molecule has 0 spiro atoms. The van der Waals surface area contributed by atoms with E-state index >= 15 is 0 Å². The summed E-state index contributed by atoms with van der Waals surface area (Å²) in [6.07, 6.45) is 6.94. The largest absolute Gasteiger partial charge is 0.495 e. The Bertz CT molecular complexity index is 1450. The first kappa shape index (κ1) is 28.6. The molecule has 2 aromatic carbocycles. The molecule has 0 fully saturated rings. The SMILES string of the molecule is COC(=CN(C)C(Cc1ccncc1)C(=O)Nc1ccc(C(=O)O)cc1)/C(=C\C=O)c1cc(Cl)ccc1C#N. The number of hydrogen-bond acceptors (Lipinski definition) is 7. The number of carbonyl (C=O) groups is 3. The number of ether oxygens (including phenoxy) is 1. The van der Waals surface area contributed by atoms with Crippen LogP contribution < -0.4 is 5.32 Å². The first-order chi connectivity index (χ1) is 18.8. The summed E-state index contributed by atoms with van der Waals surface area (Å²) in [5.74, 6) is -1.22. The van der Waals surface area contributed by atoms with Crippen molar-refractivity contribution in [2.45, 2.75) is 12.5 Å². The molecule has 1 amide bonds. The molecule has 3 rings (SSSR count). The molecule has 1 heterocycles. The number of pyridine rings is 1. The average molecular weight is 545 g/mol. The van der Waals surface area contributed by atoms with E-state index in [0.717, 1.165) is 5.56 Å². The summed E-state index contributed by atoms with van der Waals surface area (Å²) in [5.41, 5.74) is 2.36. The molecular formula is C29H25ClN4O5. The molecule has 2 N–H and O–H groups in total. The van der Waals surface area contributed by atoms with Crippen LogP contribution in [-0.4, -0.2) is 53.4 Å². The summed E-state index contributed by atoms with van der Waals surface area (Å²) in [4.78, 5) is 41.8. The van der Waals surface area contributed by atoms with Crippen molar-refractivity contribution in [3.8, 4) is 6.07 Å². The Kier molecular flexibility index (Phi) is 9.95. The van der Waals surface area contributed by atoms with Crippen molar-refractivity contribution in [1.82, 2.24) is 9.88 Å². The monoisotopic (exact) mass is 544 g/mol. The highest BCUT2D eigenvalue weighted by molar-refractivity contribution is 6.30. The van der Waals surface area contributed by atoms with Crippen molar-refractivity contribution in [3.63, 3.8) is 0 Å². The lowest BCUT2D eigenvalue weighted by molar-refractivity contribution is -0.120.